The van der Waals surface area contributed by atoms with Gasteiger partial charge in [-0.3, -0.25) is 0 Å². The van der Waals surface area contributed by atoms with Crippen LogP contribution in [0.3, 0.4) is 0 Å². The van der Waals surface area contributed by atoms with E-state index in [1.807, 2.05) is 6.07 Å². The summed E-state index contributed by atoms with van der Waals surface area (Å²) >= 11 is 0. The maximum absolute atomic E-state index is 10.7. The van der Waals surface area contributed by atoms with Gasteiger partial charge in [0.05, 0.1) is 6.54 Å². The predicted molar refractivity (Wildman–Crippen MR) is 60.4 cm³/mol. The molecule has 1 heterocycles. The van der Waals surface area contributed by atoms with Crippen molar-refractivity contribution < 1.29 is 15.0 Å². The van der Waals surface area contributed by atoms with Crippen molar-refractivity contribution >= 4 is 11.7 Å². The van der Waals surface area contributed by atoms with E-state index >= 15 is 0 Å². The van der Waals surface area contributed by atoms with Crippen molar-refractivity contribution in [3.05, 3.63) is 23.5 Å². The monoisotopic (exact) mass is 235 g/mol. The van der Waals surface area contributed by atoms with Gasteiger partial charge in [0.25, 0.3) is 0 Å². The fourth-order valence-electron chi connectivity index (χ4n) is 1.18. The molecule has 1 aromatic rings. The Morgan fingerprint density at radius 2 is 2.29 bits per heavy atom. The zero-order valence-electron chi connectivity index (χ0n) is 9.56. The maximum atomic E-state index is 10.7. The minimum atomic E-state index is -1.86. The number of carboxylic acids is 1. The van der Waals surface area contributed by atoms with Gasteiger partial charge < -0.3 is 15.5 Å². The third-order valence-corrected chi connectivity index (χ3v) is 2.17. The standard InChI is InChI=1S/C11H13N3O3/c1-7-3-8(4-9(5-12)14-7)13-6-11(2,17)10(15)16/h3-4,17H,6H2,1-2H3,(H,13,14)(H,15,16). The number of rotatable bonds is 4. The van der Waals surface area contributed by atoms with Crippen LogP contribution in [0.25, 0.3) is 0 Å². The van der Waals surface area contributed by atoms with Crippen LogP contribution in [0.5, 0.6) is 0 Å². The van der Waals surface area contributed by atoms with Crippen LogP contribution >= 0.6 is 0 Å². The fraction of sp³-hybridized carbons (Fsp3) is 0.364. The first-order valence-electron chi connectivity index (χ1n) is 4.93. The largest absolute Gasteiger partial charge is 0.479 e. The molecule has 6 heteroatoms. The molecule has 0 aromatic carbocycles. The molecule has 3 N–H and O–H groups in total. The second-order valence-corrected chi connectivity index (χ2v) is 3.93. The normalized spacial score (nSPS) is 13.5. The maximum Gasteiger partial charge on any atom is 0.337 e. The summed E-state index contributed by atoms with van der Waals surface area (Å²) < 4.78 is 0. The van der Waals surface area contributed by atoms with Gasteiger partial charge in [-0.25, -0.2) is 9.78 Å². The first-order chi connectivity index (χ1) is 7.85. The molecule has 0 aliphatic carbocycles. The zero-order chi connectivity index (χ0) is 13.1. The van der Waals surface area contributed by atoms with Gasteiger partial charge in [0.15, 0.2) is 5.60 Å². The molecule has 0 saturated heterocycles. The number of nitrogens with zero attached hydrogens (tertiary/aromatic N) is 2. The second kappa shape index (κ2) is 4.80. The Labute approximate surface area is 98.5 Å². The fourth-order valence-corrected chi connectivity index (χ4v) is 1.18. The minimum Gasteiger partial charge on any atom is -0.479 e. The molecule has 0 aliphatic heterocycles. The lowest BCUT2D eigenvalue weighted by Gasteiger charge is -2.19. The molecule has 0 fully saturated rings. The first kappa shape index (κ1) is 12.9. The van der Waals surface area contributed by atoms with Gasteiger partial charge in [0, 0.05) is 11.4 Å². The number of hydrogen-bond donors (Lipinski definition) is 3. The number of anilines is 1. The van der Waals surface area contributed by atoms with E-state index in [0.29, 0.717) is 11.4 Å². The van der Waals surface area contributed by atoms with E-state index in [9.17, 15) is 9.90 Å². The predicted octanol–water partition coefficient (Wildman–Crippen LogP) is 0.509. The Bertz CT molecular complexity index is 477. The van der Waals surface area contributed by atoms with Crippen molar-refractivity contribution in [2.45, 2.75) is 19.4 Å². The lowest BCUT2D eigenvalue weighted by atomic mass is 10.1. The quantitative estimate of drug-likeness (QED) is 0.702. The van der Waals surface area contributed by atoms with E-state index < -0.39 is 11.6 Å². The van der Waals surface area contributed by atoms with E-state index in [-0.39, 0.29) is 12.2 Å². The van der Waals surface area contributed by atoms with Gasteiger partial charge in [0.2, 0.25) is 0 Å². The Kier molecular flexibility index (Phi) is 3.66. The van der Waals surface area contributed by atoms with Crippen LogP contribution in [0.2, 0.25) is 0 Å². The number of hydrogen-bond acceptors (Lipinski definition) is 5. The van der Waals surface area contributed by atoms with Crippen LogP contribution in [0.15, 0.2) is 12.1 Å². The lowest BCUT2D eigenvalue weighted by Crippen LogP contribution is -2.41. The number of nitrogens with one attached hydrogen (secondary N) is 1. The van der Waals surface area contributed by atoms with Crippen LogP contribution < -0.4 is 5.32 Å². The van der Waals surface area contributed by atoms with E-state index in [4.69, 9.17) is 10.4 Å². The van der Waals surface area contributed by atoms with Gasteiger partial charge in [-0.15, -0.1) is 0 Å². The van der Waals surface area contributed by atoms with E-state index in [1.54, 1.807) is 13.0 Å². The molecule has 1 atom stereocenters. The van der Waals surface area contributed by atoms with Crippen molar-refractivity contribution in [1.82, 2.24) is 4.98 Å². The number of carbonyl (C=O) groups is 1. The average molecular weight is 235 g/mol. The van der Waals surface area contributed by atoms with Crippen molar-refractivity contribution in [3.63, 3.8) is 0 Å². The van der Waals surface area contributed by atoms with Crippen molar-refractivity contribution in [2.24, 2.45) is 0 Å². The van der Waals surface area contributed by atoms with Gasteiger partial charge in [0.1, 0.15) is 11.8 Å². The zero-order valence-corrected chi connectivity index (χ0v) is 9.56. The molecule has 0 aliphatic rings. The summed E-state index contributed by atoms with van der Waals surface area (Å²) in [4.78, 5) is 14.6. The summed E-state index contributed by atoms with van der Waals surface area (Å²) in [7, 11) is 0. The highest BCUT2D eigenvalue weighted by Gasteiger charge is 2.29. The van der Waals surface area contributed by atoms with Crippen LogP contribution in [-0.2, 0) is 4.79 Å². The van der Waals surface area contributed by atoms with Crippen LogP contribution in [0, 0.1) is 18.3 Å². The highest BCUT2D eigenvalue weighted by Crippen LogP contribution is 2.12. The first-order valence-corrected chi connectivity index (χ1v) is 4.93. The molecule has 1 unspecified atom stereocenters. The third kappa shape index (κ3) is 3.43. The molecule has 1 aromatic heterocycles. The number of nitriles is 1. The molecule has 0 saturated carbocycles. The Morgan fingerprint density at radius 1 is 1.65 bits per heavy atom. The molecule has 1 rings (SSSR count). The SMILES string of the molecule is Cc1cc(NCC(C)(O)C(=O)O)cc(C#N)n1. The minimum absolute atomic E-state index is 0.156. The average Bonchev–Trinajstić information content (AvgIpc) is 2.25. The van der Waals surface area contributed by atoms with Crippen molar-refractivity contribution in [1.29, 1.82) is 5.26 Å². The highest BCUT2D eigenvalue weighted by molar-refractivity contribution is 5.77. The molecular weight excluding hydrogens is 222 g/mol. The Balaban J connectivity index is 2.80. The number of aliphatic hydroxyl groups is 1. The molecule has 0 bridgehead atoms. The molecule has 17 heavy (non-hydrogen) atoms. The van der Waals surface area contributed by atoms with Gasteiger partial charge in [-0.05, 0) is 26.0 Å². The van der Waals surface area contributed by atoms with E-state index in [0.717, 1.165) is 0 Å². The van der Waals surface area contributed by atoms with E-state index in [1.165, 1.54) is 13.0 Å². The number of pyridine rings is 1. The Morgan fingerprint density at radius 3 is 2.82 bits per heavy atom. The van der Waals surface area contributed by atoms with Gasteiger partial charge in [-0.1, -0.05) is 0 Å². The summed E-state index contributed by atoms with van der Waals surface area (Å²) in [6.45, 7) is 2.76. The van der Waals surface area contributed by atoms with Crippen molar-refractivity contribution in [3.8, 4) is 6.07 Å². The number of aromatic nitrogens is 1. The number of aliphatic carboxylic acids is 1. The summed E-state index contributed by atoms with van der Waals surface area (Å²) in [5.41, 5.74) is -0.427. The highest BCUT2D eigenvalue weighted by atomic mass is 16.4. The van der Waals surface area contributed by atoms with Crippen LogP contribution in [0.1, 0.15) is 18.3 Å². The van der Waals surface area contributed by atoms with Crippen LogP contribution in [0.4, 0.5) is 5.69 Å². The lowest BCUT2D eigenvalue weighted by molar-refractivity contribution is -0.155. The Hall–Kier alpha value is -2.13. The molecule has 90 valence electrons. The topological polar surface area (TPSA) is 106 Å². The summed E-state index contributed by atoms with van der Waals surface area (Å²) in [5.74, 6) is -1.31. The van der Waals surface area contributed by atoms with Gasteiger partial charge >= 0.3 is 5.97 Å². The summed E-state index contributed by atoms with van der Waals surface area (Å²) in [5, 5.41) is 29.7. The number of aryl methyl sites for hydroxylation is 1. The molecule has 6 nitrogen and oxygen atoms in total. The third-order valence-electron chi connectivity index (χ3n) is 2.17. The summed E-state index contributed by atoms with van der Waals surface area (Å²) in [6, 6.07) is 5.05. The number of carboxylic acid groups (broad SMARTS) is 1. The second-order valence-electron chi connectivity index (χ2n) is 3.93. The summed E-state index contributed by atoms with van der Waals surface area (Å²) in [6.07, 6.45) is 0. The van der Waals surface area contributed by atoms with E-state index in [2.05, 4.69) is 10.3 Å². The molecule has 0 amide bonds. The van der Waals surface area contributed by atoms with Crippen molar-refractivity contribution in [2.75, 3.05) is 11.9 Å². The molecule has 0 spiro atoms. The smallest absolute Gasteiger partial charge is 0.337 e. The molecule has 0 radical (unpaired) electrons. The van der Waals surface area contributed by atoms with Crippen LogP contribution in [-0.4, -0.2) is 33.3 Å². The van der Waals surface area contributed by atoms with Gasteiger partial charge in [-0.2, -0.15) is 5.26 Å². The molecular formula is C11H13N3O3.